The first-order chi connectivity index (χ1) is 20.7. The standard InChI is InChI=1S/C32H34FN5O5/c1-4-41-26-11-5-6-12-27(26)42-22-9-8-16-38(20-22)30-19-34-18-29(37-30)36-28-13-7-10-25(35-28)23-17-21(14-15-24(23)33)43-32(2,3)31(39)40/h5-7,10-15,17-19,22H,4,8-9,16,20H2,1-3H3,(H,39,40)(H,35,36,37). The fourth-order valence-electron chi connectivity index (χ4n) is 4.70. The quantitative estimate of drug-likeness (QED) is 0.213. The summed E-state index contributed by atoms with van der Waals surface area (Å²) in [5, 5.41) is 12.5. The first-order valence-electron chi connectivity index (χ1n) is 14.1. The molecule has 2 aromatic heterocycles. The van der Waals surface area contributed by atoms with Gasteiger partial charge in [-0.3, -0.25) is 4.98 Å². The molecule has 1 saturated heterocycles. The van der Waals surface area contributed by atoms with Crippen LogP contribution in [0.3, 0.4) is 0 Å². The first kappa shape index (κ1) is 29.6. The fourth-order valence-corrected chi connectivity index (χ4v) is 4.70. The van der Waals surface area contributed by atoms with Crippen LogP contribution in [0.5, 0.6) is 17.2 Å². The van der Waals surface area contributed by atoms with Crippen molar-refractivity contribution in [2.24, 2.45) is 0 Å². The van der Waals surface area contributed by atoms with E-state index in [2.05, 4.69) is 20.2 Å². The third-order valence-corrected chi connectivity index (χ3v) is 6.87. The molecule has 0 amide bonds. The maximum absolute atomic E-state index is 14.8. The number of rotatable bonds is 11. The van der Waals surface area contributed by atoms with E-state index in [4.69, 9.17) is 19.2 Å². The summed E-state index contributed by atoms with van der Waals surface area (Å²) >= 11 is 0. The molecule has 11 heteroatoms. The zero-order valence-electron chi connectivity index (χ0n) is 24.3. The van der Waals surface area contributed by atoms with Crippen molar-refractivity contribution in [2.45, 2.75) is 45.3 Å². The molecule has 1 unspecified atom stereocenters. The van der Waals surface area contributed by atoms with Crippen LogP contribution in [-0.4, -0.2) is 57.4 Å². The lowest BCUT2D eigenvalue weighted by atomic mass is 10.1. The summed E-state index contributed by atoms with van der Waals surface area (Å²) in [6.07, 6.45) is 5.11. The van der Waals surface area contributed by atoms with Crippen molar-refractivity contribution in [1.29, 1.82) is 0 Å². The molecule has 0 spiro atoms. The number of aromatic nitrogens is 3. The van der Waals surface area contributed by atoms with Crippen LogP contribution in [-0.2, 0) is 4.79 Å². The van der Waals surface area contributed by atoms with Crippen LogP contribution in [0.1, 0.15) is 33.6 Å². The molecule has 4 aromatic rings. The van der Waals surface area contributed by atoms with Gasteiger partial charge in [0, 0.05) is 12.1 Å². The number of carbonyl (C=O) groups is 1. The molecule has 5 rings (SSSR count). The Hall–Kier alpha value is -4.93. The summed E-state index contributed by atoms with van der Waals surface area (Å²) < 4.78 is 32.4. The van der Waals surface area contributed by atoms with Crippen LogP contribution in [0.15, 0.2) is 73.1 Å². The lowest BCUT2D eigenvalue weighted by Crippen LogP contribution is -2.41. The predicted molar refractivity (Wildman–Crippen MR) is 161 cm³/mol. The summed E-state index contributed by atoms with van der Waals surface area (Å²) in [5.74, 6) is 1.63. The molecule has 2 aromatic carbocycles. The molecule has 0 radical (unpaired) electrons. The number of aliphatic carboxylic acids is 1. The molecule has 224 valence electrons. The van der Waals surface area contributed by atoms with E-state index in [0.29, 0.717) is 36.3 Å². The molecule has 1 aliphatic heterocycles. The molecule has 1 aliphatic rings. The third-order valence-electron chi connectivity index (χ3n) is 6.87. The minimum atomic E-state index is -1.48. The van der Waals surface area contributed by atoms with Crippen LogP contribution in [0.4, 0.5) is 21.8 Å². The lowest BCUT2D eigenvalue weighted by Gasteiger charge is -2.33. The van der Waals surface area contributed by atoms with Gasteiger partial charge in [0.15, 0.2) is 22.9 Å². The molecule has 10 nitrogen and oxygen atoms in total. The highest BCUT2D eigenvalue weighted by atomic mass is 19.1. The summed E-state index contributed by atoms with van der Waals surface area (Å²) in [5.41, 5.74) is -0.967. The maximum atomic E-state index is 14.8. The number of hydrogen-bond donors (Lipinski definition) is 2. The van der Waals surface area contributed by atoms with Crippen LogP contribution in [0.25, 0.3) is 11.3 Å². The van der Waals surface area contributed by atoms with Crippen molar-refractivity contribution >= 4 is 23.4 Å². The van der Waals surface area contributed by atoms with Crippen molar-refractivity contribution in [2.75, 3.05) is 29.9 Å². The number of pyridine rings is 1. The average molecular weight is 588 g/mol. The van der Waals surface area contributed by atoms with E-state index in [0.717, 1.165) is 30.9 Å². The number of benzene rings is 2. The van der Waals surface area contributed by atoms with Crippen molar-refractivity contribution in [1.82, 2.24) is 15.0 Å². The summed E-state index contributed by atoms with van der Waals surface area (Å²) in [6, 6.07) is 16.9. The highest BCUT2D eigenvalue weighted by Crippen LogP contribution is 2.31. The summed E-state index contributed by atoms with van der Waals surface area (Å²) in [7, 11) is 0. The van der Waals surface area contributed by atoms with Gasteiger partial charge in [0.1, 0.15) is 29.3 Å². The Morgan fingerprint density at radius 1 is 1.07 bits per heavy atom. The van der Waals surface area contributed by atoms with Gasteiger partial charge in [0.25, 0.3) is 0 Å². The Balaban J connectivity index is 1.29. The van der Waals surface area contributed by atoms with Crippen LogP contribution >= 0.6 is 0 Å². The van der Waals surface area contributed by atoms with Gasteiger partial charge in [-0.15, -0.1) is 0 Å². The monoisotopic (exact) mass is 587 g/mol. The highest BCUT2D eigenvalue weighted by Gasteiger charge is 2.30. The second-order valence-corrected chi connectivity index (χ2v) is 10.6. The van der Waals surface area contributed by atoms with Crippen molar-refractivity contribution in [3.05, 3.63) is 78.9 Å². The van der Waals surface area contributed by atoms with Gasteiger partial charge in [0.05, 0.1) is 31.2 Å². The topological polar surface area (TPSA) is 119 Å². The van der Waals surface area contributed by atoms with Gasteiger partial charge in [0.2, 0.25) is 0 Å². The first-order valence-corrected chi connectivity index (χ1v) is 14.1. The average Bonchev–Trinajstić information content (AvgIpc) is 2.99. The number of anilines is 3. The van der Waals surface area contributed by atoms with Crippen LogP contribution < -0.4 is 24.4 Å². The SMILES string of the molecule is CCOc1ccccc1OC1CCCN(c2cncc(Nc3cccc(-c4cc(OC(C)(C)C(=O)O)ccc4F)n3)n2)C1. The minimum absolute atomic E-state index is 0.0390. The fraction of sp³-hybridized carbons (Fsp3) is 0.312. The molecule has 1 atom stereocenters. The number of ether oxygens (including phenoxy) is 3. The Morgan fingerprint density at radius 2 is 1.88 bits per heavy atom. The zero-order chi connectivity index (χ0) is 30.4. The Bertz CT molecular complexity index is 1580. The van der Waals surface area contributed by atoms with E-state index in [1.54, 1.807) is 30.6 Å². The van der Waals surface area contributed by atoms with Gasteiger partial charge in [-0.25, -0.2) is 19.2 Å². The largest absolute Gasteiger partial charge is 0.490 e. The number of halogens is 1. The third kappa shape index (κ3) is 7.29. The molecule has 1 fully saturated rings. The summed E-state index contributed by atoms with van der Waals surface area (Å²) in [4.78, 5) is 27.3. The number of para-hydroxylation sites is 2. The molecular weight excluding hydrogens is 553 g/mol. The minimum Gasteiger partial charge on any atom is -0.490 e. The molecule has 0 bridgehead atoms. The van der Waals surface area contributed by atoms with E-state index in [9.17, 15) is 14.3 Å². The van der Waals surface area contributed by atoms with Gasteiger partial charge in [-0.05, 0) is 76.1 Å². The molecule has 2 N–H and O–H groups in total. The van der Waals surface area contributed by atoms with E-state index in [-0.39, 0.29) is 17.4 Å². The Morgan fingerprint density at radius 3 is 2.67 bits per heavy atom. The molecule has 43 heavy (non-hydrogen) atoms. The predicted octanol–water partition coefficient (Wildman–Crippen LogP) is 6.11. The van der Waals surface area contributed by atoms with Crippen molar-refractivity contribution in [3.63, 3.8) is 0 Å². The van der Waals surface area contributed by atoms with E-state index < -0.39 is 17.4 Å². The number of hydrogen-bond acceptors (Lipinski definition) is 9. The number of nitrogens with zero attached hydrogens (tertiary/aromatic N) is 4. The maximum Gasteiger partial charge on any atom is 0.347 e. The van der Waals surface area contributed by atoms with Gasteiger partial charge in [-0.1, -0.05) is 18.2 Å². The number of nitrogens with one attached hydrogen (secondary N) is 1. The van der Waals surface area contributed by atoms with Gasteiger partial charge >= 0.3 is 5.97 Å². The number of carboxylic acids is 1. The van der Waals surface area contributed by atoms with E-state index in [1.165, 1.54) is 32.0 Å². The van der Waals surface area contributed by atoms with Gasteiger partial charge < -0.3 is 29.5 Å². The molecule has 0 aliphatic carbocycles. The van der Waals surface area contributed by atoms with Crippen LogP contribution in [0, 0.1) is 5.82 Å². The number of carboxylic acid groups (broad SMARTS) is 1. The summed E-state index contributed by atoms with van der Waals surface area (Å²) in [6.45, 7) is 6.81. The van der Waals surface area contributed by atoms with Crippen molar-refractivity contribution in [3.8, 4) is 28.5 Å². The second kappa shape index (κ2) is 12.9. The second-order valence-electron chi connectivity index (χ2n) is 10.6. The Labute approximate surface area is 249 Å². The lowest BCUT2D eigenvalue weighted by molar-refractivity contribution is -0.152. The van der Waals surface area contributed by atoms with Crippen LogP contribution in [0.2, 0.25) is 0 Å². The van der Waals surface area contributed by atoms with Crippen molar-refractivity contribution < 1.29 is 28.5 Å². The zero-order valence-corrected chi connectivity index (χ0v) is 24.3. The number of piperidine rings is 1. The molecule has 0 saturated carbocycles. The van der Waals surface area contributed by atoms with E-state index >= 15 is 0 Å². The smallest absolute Gasteiger partial charge is 0.347 e. The van der Waals surface area contributed by atoms with Gasteiger partial charge in [-0.2, -0.15) is 0 Å². The van der Waals surface area contributed by atoms with E-state index in [1.807, 2.05) is 31.2 Å². The highest BCUT2D eigenvalue weighted by molar-refractivity contribution is 5.77. The normalized spacial score (nSPS) is 15.1. The molecular formula is C32H34FN5O5. The Kier molecular flexibility index (Phi) is 8.89. The molecule has 3 heterocycles.